The van der Waals surface area contributed by atoms with E-state index >= 15 is 0 Å². The van der Waals surface area contributed by atoms with E-state index in [0.717, 1.165) is 35.3 Å². The third-order valence-electron chi connectivity index (χ3n) is 5.07. The van der Waals surface area contributed by atoms with Crippen molar-refractivity contribution in [3.63, 3.8) is 0 Å². The minimum Gasteiger partial charge on any atom is -0.462 e. The molecule has 1 aromatic heterocycles. The number of carbonyl (C=O) groups excluding carboxylic acids is 3. The van der Waals surface area contributed by atoms with Gasteiger partial charge < -0.3 is 14.8 Å². The number of ether oxygens (including phenoxy) is 2. The maximum Gasteiger partial charge on any atom is 0.341 e. The lowest BCUT2D eigenvalue weighted by Crippen LogP contribution is -2.22. The van der Waals surface area contributed by atoms with Crippen molar-refractivity contribution in [3.8, 4) is 0 Å². The zero-order valence-corrected chi connectivity index (χ0v) is 18.2. The minimum atomic E-state index is -0.458. The Bertz CT molecular complexity index is 906. The number of hydrogen-bond donors (Lipinski definition) is 1. The van der Waals surface area contributed by atoms with Gasteiger partial charge in [-0.1, -0.05) is 37.3 Å². The van der Waals surface area contributed by atoms with Crippen LogP contribution in [0.3, 0.4) is 0 Å². The van der Waals surface area contributed by atoms with Gasteiger partial charge in [0, 0.05) is 11.3 Å². The van der Waals surface area contributed by atoms with Crippen LogP contribution in [0.15, 0.2) is 30.3 Å². The Labute approximate surface area is 180 Å². The Morgan fingerprint density at radius 3 is 2.67 bits per heavy atom. The number of rotatable bonds is 8. The molecule has 0 bridgehead atoms. The second-order valence-electron chi connectivity index (χ2n) is 7.47. The SMILES string of the molecule is CCOC(=O)c1c(NC(=O)COC(=O)CCc2ccccc2)sc2c1CC[C@@H](C)C2. The van der Waals surface area contributed by atoms with Crippen LogP contribution in [0, 0.1) is 5.92 Å². The molecule has 160 valence electrons. The van der Waals surface area contributed by atoms with Gasteiger partial charge in [-0.3, -0.25) is 9.59 Å². The zero-order valence-electron chi connectivity index (χ0n) is 17.4. The fraction of sp³-hybridized carbons (Fsp3) is 0.435. The van der Waals surface area contributed by atoms with Gasteiger partial charge in [0.25, 0.3) is 5.91 Å². The standard InChI is InChI=1S/C23H27NO5S/c1-3-28-23(27)21-17-11-9-15(2)13-18(17)30-22(21)24-19(25)14-29-20(26)12-10-16-7-5-4-6-8-16/h4-8,15H,3,9-14H2,1-2H3,(H,24,25)/t15-/m1/s1. The third kappa shape index (κ3) is 5.69. The Kier molecular flexibility index (Phi) is 7.63. The summed E-state index contributed by atoms with van der Waals surface area (Å²) in [5.74, 6) is -0.765. The normalized spacial score (nSPS) is 15.2. The number of fused-ring (bicyclic) bond motifs is 1. The van der Waals surface area contributed by atoms with E-state index in [-0.39, 0.29) is 19.6 Å². The van der Waals surface area contributed by atoms with Crippen LogP contribution >= 0.6 is 11.3 Å². The van der Waals surface area contributed by atoms with Gasteiger partial charge in [-0.05, 0) is 49.7 Å². The Balaban J connectivity index is 1.59. The van der Waals surface area contributed by atoms with Crippen molar-refractivity contribution in [2.45, 2.75) is 46.0 Å². The number of aryl methyl sites for hydroxylation is 1. The first kappa shape index (κ1) is 22.0. The van der Waals surface area contributed by atoms with E-state index in [0.29, 0.717) is 22.9 Å². The number of thiophene rings is 1. The molecule has 3 rings (SSSR count). The summed E-state index contributed by atoms with van der Waals surface area (Å²) in [6.45, 7) is 3.83. The summed E-state index contributed by atoms with van der Waals surface area (Å²) in [7, 11) is 0. The molecule has 0 saturated heterocycles. The van der Waals surface area contributed by atoms with Crippen molar-refractivity contribution in [1.29, 1.82) is 0 Å². The molecule has 1 amide bonds. The molecule has 7 heteroatoms. The van der Waals surface area contributed by atoms with Gasteiger partial charge in [-0.2, -0.15) is 0 Å². The van der Waals surface area contributed by atoms with Crippen LogP contribution in [-0.4, -0.2) is 31.1 Å². The summed E-state index contributed by atoms with van der Waals surface area (Å²) in [4.78, 5) is 37.9. The predicted molar refractivity (Wildman–Crippen MR) is 116 cm³/mol. The molecule has 0 saturated carbocycles. The van der Waals surface area contributed by atoms with Gasteiger partial charge in [-0.15, -0.1) is 11.3 Å². The molecular formula is C23H27NO5S. The third-order valence-corrected chi connectivity index (χ3v) is 6.24. The minimum absolute atomic E-state index is 0.205. The summed E-state index contributed by atoms with van der Waals surface area (Å²) >= 11 is 1.42. The van der Waals surface area contributed by atoms with Crippen LogP contribution in [0.4, 0.5) is 5.00 Å². The van der Waals surface area contributed by atoms with Crippen molar-refractivity contribution in [3.05, 3.63) is 51.9 Å². The van der Waals surface area contributed by atoms with Crippen LogP contribution in [0.25, 0.3) is 0 Å². The summed E-state index contributed by atoms with van der Waals surface area (Å²) in [6, 6.07) is 9.62. The molecule has 0 fully saturated rings. The molecule has 6 nitrogen and oxygen atoms in total. The molecule has 2 aromatic rings. The van der Waals surface area contributed by atoms with Crippen LogP contribution in [0.2, 0.25) is 0 Å². The van der Waals surface area contributed by atoms with Gasteiger partial charge in [0.1, 0.15) is 5.00 Å². The van der Waals surface area contributed by atoms with Crippen molar-refractivity contribution in [2.24, 2.45) is 5.92 Å². The van der Waals surface area contributed by atoms with Gasteiger partial charge >= 0.3 is 11.9 Å². The molecule has 1 aliphatic carbocycles. The second-order valence-corrected chi connectivity index (χ2v) is 8.58. The number of amides is 1. The van der Waals surface area contributed by atoms with Crippen LogP contribution in [-0.2, 0) is 38.3 Å². The van der Waals surface area contributed by atoms with Crippen molar-refractivity contribution >= 4 is 34.2 Å². The average Bonchev–Trinajstić information content (AvgIpc) is 3.08. The highest BCUT2D eigenvalue weighted by atomic mass is 32.1. The molecule has 0 radical (unpaired) electrons. The second kappa shape index (κ2) is 10.4. The average molecular weight is 430 g/mol. The van der Waals surface area contributed by atoms with E-state index in [2.05, 4.69) is 12.2 Å². The summed E-state index contributed by atoms with van der Waals surface area (Å²) in [5, 5.41) is 3.24. The lowest BCUT2D eigenvalue weighted by Gasteiger charge is -2.18. The highest BCUT2D eigenvalue weighted by Crippen LogP contribution is 2.40. The highest BCUT2D eigenvalue weighted by molar-refractivity contribution is 7.17. The molecule has 1 aliphatic rings. The van der Waals surface area contributed by atoms with E-state index in [9.17, 15) is 14.4 Å². The van der Waals surface area contributed by atoms with E-state index in [1.165, 1.54) is 11.3 Å². The quantitative estimate of drug-likeness (QED) is 0.637. The van der Waals surface area contributed by atoms with Gasteiger partial charge in [0.15, 0.2) is 6.61 Å². The first-order valence-electron chi connectivity index (χ1n) is 10.3. The predicted octanol–water partition coefficient (Wildman–Crippen LogP) is 4.16. The fourth-order valence-corrected chi connectivity index (χ4v) is 4.95. The van der Waals surface area contributed by atoms with Crippen LogP contribution < -0.4 is 5.32 Å². The molecule has 0 aliphatic heterocycles. The smallest absolute Gasteiger partial charge is 0.341 e. The maximum atomic E-state index is 12.5. The van der Waals surface area contributed by atoms with E-state index < -0.39 is 17.8 Å². The number of anilines is 1. The van der Waals surface area contributed by atoms with Crippen LogP contribution in [0.1, 0.15) is 53.1 Å². The lowest BCUT2D eigenvalue weighted by molar-refractivity contribution is -0.147. The van der Waals surface area contributed by atoms with Crippen molar-refractivity contribution in [2.75, 3.05) is 18.5 Å². The number of esters is 2. The first-order chi connectivity index (χ1) is 14.5. The largest absolute Gasteiger partial charge is 0.462 e. The lowest BCUT2D eigenvalue weighted by atomic mass is 9.88. The fourth-order valence-electron chi connectivity index (χ4n) is 3.53. The molecular weight excluding hydrogens is 402 g/mol. The van der Waals surface area contributed by atoms with Crippen molar-refractivity contribution in [1.82, 2.24) is 0 Å². The summed E-state index contributed by atoms with van der Waals surface area (Å²) in [6.07, 6.45) is 3.45. The number of benzene rings is 1. The number of hydrogen-bond acceptors (Lipinski definition) is 6. The Hall–Kier alpha value is -2.67. The van der Waals surface area contributed by atoms with Crippen LogP contribution in [0.5, 0.6) is 0 Å². The molecule has 1 atom stereocenters. The van der Waals surface area contributed by atoms with E-state index in [1.54, 1.807) is 6.92 Å². The van der Waals surface area contributed by atoms with E-state index in [1.807, 2.05) is 30.3 Å². The van der Waals surface area contributed by atoms with E-state index in [4.69, 9.17) is 9.47 Å². The van der Waals surface area contributed by atoms with Crippen molar-refractivity contribution < 1.29 is 23.9 Å². The van der Waals surface area contributed by atoms with Gasteiger partial charge in [0.2, 0.25) is 0 Å². The van der Waals surface area contributed by atoms with Gasteiger partial charge in [0.05, 0.1) is 12.2 Å². The maximum absolute atomic E-state index is 12.5. The molecule has 1 aromatic carbocycles. The molecule has 0 unspecified atom stereocenters. The topological polar surface area (TPSA) is 81.7 Å². The Morgan fingerprint density at radius 2 is 1.93 bits per heavy atom. The Morgan fingerprint density at radius 1 is 1.17 bits per heavy atom. The summed E-state index contributed by atoms with van der Waals surface area (Å²) in [5.41, 5.74) is 2.47. The number of nitrogens with one attached hydrogen (secondary N) is 1. The van der Waals surface area contributed by atoms with Gasteiger partial charge in [-0.25, -0.2) is 4.79 Å². The molecule has 1 heterocycles. The molecule has 0 spiro atoms. The molecule has 30 heavy (non-hydrogen) atoms. The zero-order chi connectivity index (χ0) is 21.5. The first-order valence-corrected chi connectivity index (χ1v) is 11.1. The highest BCUT2D eigenvalue weighted by Gasteiger charge is 2.29. The monoisotopic (exact) mass is 429 g/mol. The number of carbonyl (C=O) groups is 3. The molecule has 1 N–H and O–H groups in total. The summed E-state index contributed by atoms with van der Waals surface area (Å²) < 4.78 is 10.3.